The smallest absolute Gasteiger partial charge is 0.486 e. The van der Waals surface area contributed by atoms with Crippen molar-refractivity contribution in [1.29, 1.82) is 0 Å². The van der Waals surface area contributed by atoms with Gasteiger partial charge in [0.1, 0.15) is 13.2 Å². The maximum absolute atomic E-state index is 13.3. The number of anilines is 1. The molecule has 3 heterocycles. The molecule has 3 aromatic rings. The zero-order valence-electron chi connectivity index (χ0n) is 18.5. The van der Waals surface area contributed by atoms with Gasteiger partial charge in [0.05, 0.1) is 12.3 Å². The topological polar surface area (TPSA) is 81.6 Å². The number of rotatable bonds is 3. The number of carbonyl (C=O) groups excluding carboxylic acids is 1. The Morgan fingerprint density at radius 3 is 2.47 bits per heavy atom. The van der Waals surface area contributed by atoms with Crippen molar-refractivity contribution in [2.24, 2.45) is 5.10 Å². The summed E-state index contributed by atoms with van der Waals surface area (Å²) in [6.45, 7) is 1.18. The largest absolute Gasteiger partial charge is 0.586 e. The Balaban J connectivity index is 1.28. The van der Waals surface area contributed by atoms with E-state index < -0.39 is 12.3 Å². The molecule has 0 saturated carbocycles. The number of hydrogen-bond donors (Lipinski definition) is 1. The highest BCUT2D eigenvalue weighted by molar-refractivity contribution is 6.30. The van der Waals surface area contributed by atoms with E-state index in [0.29, 0.717) is 35.4 Å². The van der Waals surface area contributed by atoms with Crippen molar-refractivity contribution >= 4 is 29.0 Å². The number of nitrogens with zero attached hydrogens (tertiary/aromatic N) is 2. The number of hydrogen-bond acceptors (Lipinski definition) is 6. The molecular weight excluding hydrogens is 496 g/mol. The first-order valence-corrected chi connectivity index (χ1v) is 11.4. The Bertz CT molecular complexity index is 1380. The van der Waals surface area contributed by atoms with E-state index in [-0.39, 0.29) is 29.6 Å². The lowest BCUT2D eigenvalue weighted by Gasteiger charge is -2.21. The van der Waals surface area contributed by atoms with Gasteiger partial charge < -0.3 is 24.3 Å². The normalized spacial score (nSPS) is 19.1. The summed E-state index contributed by atoms with van der Waals surface area (Å²) < 4.78 is 46.9. The summed E-state index contributed by atoms with van der Waals surface area (Å²) in [5, 5.41) is 9.15. The Hall–Kier alpha value is -4.05. The minimum absolute atomic E-state index is 0.110. The second-order valence-electron chi connectivity index (χ2n) is 8.29. The van der Waals surface area contributed by atoms with Gasteiger partial charge in [0.25, 0.3) is 0 Å². The van der Waals surface area contributed by atoms with Crippen LogP contribution in [0.15, 0.2) is 65.8 Å². The molecule has 0 saturated heterocycles. The number of hydrazone groups is 1. The summed E-state index contributed by atoms with van der Waals surface area (Å²) in [6, 6.07) is 16.3. The first-order chi connectivity index (χ1) is 17.3. The highest BCUT2D eigenvalue weighted by Crippen LogP contribution is 2.42. The van der Waals surface area contributed by atoms with E-state index in [2.05, 4.69) is 19.9 Å². The standard InChI is InChI=1S/C25H18ClF2N3O5/c26-16-4-1-14(2-5-16)23-18(15-3-7-19-21(11-15)34-10-9-33-19)13-31(30-23)24(32)29-17-6-8-20-22(12-17)36-25(27,28)35-20/h1-8,11-12,18H,9-10,13H2,(H,29,32). The highest BCUT2D eigenvalue weighted by Gasteiger charge is 2.43. The van der Waals surface area contributed by atoms with Crippen molar-refractivity contribution < 1.29 is 32.5 Å². The molecular formula is C25H18ClF2N3O5. The van der Waals surface area contributed by atoms with Crippen LogP contribution in [-0.2, 0) is 0 Å². The molecule has 1 atom stereocenters. The van der Waals surface area contributed by atoms with Crippen molar-refractivity contribution in [2.75, 3.05) is 25.1 Å². The van der Waals surface area contributed by atoms with E-state index in [9.17, 15) is 13.6 Å². The number of nitrogens with one attached hydrogen (secondary N) is 1. The van der Waals surface area contributed by atoms with Crippen LogP contribution >= 0.6 is 11.6 Å². The lowest BCUT2D eigenvalue weighted by molar-refractivity contribution is -0.286. The fourth-order valence-electron chi connectivity index (χ4n) is 4.26. The van der Waals surface area contributed by atoms with E-state index in [1.54, 1.807) is 12.1 Å². The number of amides is 2. The molecule has 0 aromatic heterocycles. The van der Waals surface area contributed by atoms with Gasteiger partial charge in [-0.2, -0.15) is 5.10 Å². The van der Waals surface area contributed by atoms with Gasteiger partial charge >= 0.3 is 12.3 Å². The van der Waals surface area contributed by atoms with Crippen molar-refractivity contribution in [3.05, 3.63) is 76.8 Å². The van der Waals surface area contributed by atoms with Gasteiger partial charge in [-0.15, -0.1) is 8.78 Å². The molecule has 3 aromatic carbocycles. The van der Waals surface area contributed by atoms with E-state index >= 15 is 0 Å². The Labute approximate surface area is 209 Å². The number of halogens is 3. The SMILES string of the molecule is O=C(Nc1ccc2c(c1)OC(F)(F)O2)N1CC(c2ccc3c(c2)OCCO3)C(c2ccc(Cl)cc2)=N1. The minimum atomic E-state index is -3.74. The summed E-state index contributed by atoms with van der Waals surface area (Å²) in [5.41, 5.74) is 2.63. The molecule has 1 unspecified atom stereocenters. The van der Waals surface area contributed by atoms with Gasteiger partial charge in [-0.1, -0.05) is 29.8 Å². The minimum Gasteiger partial charge on any atom is -0.486 e. The molecule has 3 aliphatic rings. The summed E-state index contributed by atoms with van der Waals surface area (Å²) in [7, 11) is 0. The number of alkyl halides is 2. The van der Waals surface area contributed by atoms with Gasteiger partial charge in [0.15, 0.2) is 23.0 Å². The third-order valence-corrected chi connectivity index (χ3v) is 6.16. The van der Waals surface area contributed by atoms with Crippen molar-refractivity contribution in [3.63, 3.8) is 0 Å². The fourth-order valence-corrected chi connectivity index (χ4v) is 4.39. The van der Waals surface area contributed by atoms with E-state index in [0.717, 1.165) is 11.1 Å². The van der Waals surface area contributed by atoms with Crippen LogP contribution < -0.4 is 24.3 Å². The van der Waals surface area contributed by atoms with E-state index in [4.69, 9.17) is 21.1 Å². The Morgan fingerprint density at radius 2 is 1.67 bits per heavy atom. The monoisotopic (exact) mass is 513 g/mol. The summed E-state index contributed by atoms with van der Waals surface area (Å²) in [6.07, 6.45) is -3.74. The molecule has 0 aliphatic carbocycles. The fraction of sp³-hybridized carbons (Fsp3) is 0.200. The van der Waals surface area contributed by atoms with Crippen LogP contribution in [0.2, 0.25) is 5.02 Å². The molecule has 0 bridgehead atoms. The number of fused-ring (bicyclic) bond motifs is 2. The molecule has 0 fully saturated rings. The predicted octanol–water partition coefficient (Wildman–Crippen LogP) is 5.47. The molecule has 0 spiro atoms. The number of carbonyl (C=O) groups is 1. The Morgan fingerprint density at radius 1 is 0.944 bits per heavy atom. The van der Waals surface area contributed by atoms with Crippen LogP contribution in [0.4, 0.5) is 19.3 Å². The zero-order valence-corrected chi connectivity index (χ0v) is 19.3. The first-order valence-electron chi connectivity index (χ1n) is 11.1. The molecule has 3 aliphatic heterocycles. The lowest BCUT2D eigenvalue weighted by Crippen LogP contribution is -2.30. The van der Waals surface area contributed by atoms with Crippen LogP contribution in [0.5, 0.6) is 23.0 Å². The second-order valence-corrected chi connectivity index (χ2v) is 8.73. The molecule has 6 rings (SSSR count). The first kappa shape index (κ1) is 22.4. The number of benzene rings is 3. The van der Waals surface area contributed by atoms with Gasteiger partial charge in [-0.05, 0) is 47.5 Å². The van der Waals surface area contributed by atoms with Crippen LogP contribution in [0, 0.1) is 0 Å². The maximum atomic E-state index is 13.3. The molecule has 11 heteroatoms. The summed E-state index contributed by atoms with van der Waals surface area (Å²) >= 11 is 6.07. The number of urea groups is 1. The average molecular weight is 514 g/mol. The zero-order chi connectivity index (χ0) is 24.9. The molecule has 8 nitrogen and oxygen atoms in total. The van der Waals surface area contributed by atoms with Crippen LogP contribution in [0.25, 0.3) is 0 Å². The quantitative estimate of drug-likeness (QED) is 0.502. The third kappa shape index (κ3) is 4.24. The van der Waals surface area contributed by atoms with Crippen LogP contribution in [0.1, 0.15) is 17.0 Å². The molecule has 1 N–H and O–H groups in total. The van der Waals surface area contributed by atoms with Crippen molar-refractivity contribution in [2.45, 2.75) is 12.2 Å². The second kappa shape index (κ2) is 8.56. The third-order valence-electron chi connectivity index (χ3n) is 5.91. The van der Waals surface area contributed by atoms with Crippen LogP contribution in [0.3, 0.4) is 0 Å². The van der Waals surface area contributed by atoms with Gasteiger partial charge in [0, 0.05) is 22.7 Å². The van der Waals surface area contributed by atoms with Gasteiger partial charge in [-0.25, -0.2) is 9.80 Å². The highest BCUT2D eigenvalue weighted by atomic mass is 35.5. The Kier molecular flexibility index (Phi) is 5.33. The average Bonchev–Trinajstić information content (AvgIpc) is 3.44. The molecule has 0 radical (unpaired) electrons. The van der Waals surface area contributed by atoms with Crippen molar-refractivity contribution in [1.82, 2.24) is 5.01 Å². The van der Waals surface area contributed by atoms with Crippen molar-refractivity contribution in [3.8, 4) is 23.0 Å². The van der Waals surface area contributed by atoms with Gasteiger partial charge in [-0.3, -0.25) is 0 Å². The van der Waals surface area contributed by atoms with E-state index in [1.807, 2.05) is 30.3 Å². The predicted molar refractivity (Wildman–Crippen MR) is 127 cm³/mol. The summed E-state index contributed by atoms with van der Waals surface area (Å²) in [5.74, 6) is 0.757. The van der Waals surface area contributed by atoms with Crippen LogP contribution in [-0.4, -0.2) is 42.8 Å². The maximum Gasteiger partial charge on any atom is 0.586 e. The van der Waals surface area contributed by atoms with Gasteiger partial charge in [0.2, 0.25) is 0 Å². The molecule has 2 amide bonds. The van der Waals surface area contributed by atoms with E-state index in [1.165, 1.54) is 23.2 Å². The molecule has 36 heavy (non-hydrogen) atoms. The number of ether oxygens (including phenoxy) is 4. The summed E-state index contributed by atoms with van der Waals surface area (Å²) in [4.78, 5) is 13.1. The molecule has 184 valence electrons. The lowest BCUT2D eigenvalue weighted by atomic mass is 9.90.